The van der Waals surface area contributed by atoms with Gasteiger partial charge in [-0.1, -0.05) is 17.7 Å². The predicted molar refractivity (Wildman–Crippen MR) is 99.1 cm³/mol. The molecule has 2 aromatic rings. The van der Waals surface area contributed by atoms with Gasteiger partial charge < -0.3 is 5.32 Å². The van der Waals surface area contributed by atoms with Gasteiger partial charge >= 0.3 is 0 Å². The number of piperazine rings is 1. The molecule has 0 aliphatic carbocycles. The van der Waals surface area contributed by atoms with Crippen LogP contribution < -0.4 is 10.2 Å². The summed E-state index contributed by atoms with van der Waals surface area (Å²) in [7, 11) is 0. The van der Waals surface area contributed by atoms with Crippen LogP contribution in [0.25, 0.3) is 0 Å². The van der Waals surface area contributed by atoms with Crippen LogP contribution in [0.2, 0.25) is 0 Å². The number of hydrogen-bond acceptors (Lipinski definition) is 5. The van der Waals surface area contributed by atoms with E-state index in [9.17, 15) is 9.59 Å². The van der Waals surface area contributed by atoms with E-state index in [2.05, 4.69) is 21.3 Å². The number of carbonyl (C=O) groups excluding carboxylic acids is 2. The highest BCUT2D eigenvalue weighted by molar-refractivity contribution is 7.14. The molecule has 3 rings (SSSR count). The average Bonchev–Trinajstić information content (AvgIpc) is 2.97. The number of aromatic nitrogens is 1. The SMILES string of the molecule is CC(=O)N(c1nc(CN2CCNC(=O)C2)cs1)c1ccc(C)cc1C. The Morgan fingerprint density at radius 1 is 1.40 bits per heavy atom. The number of carbonyl (C=O) groups is 2. The van der Waals surface area contributed by atoms with Crippen molar-refractivity contribution in [2.45, 2.75) is 27.3 Å². The third kappa shape index (κ3) is 4.05. The number of aryl methyl sites for hydroxylation is 2. The molecule has 1 aromatic carbocycles. The monoisotopic (exact) mass is 358 g/mol. The van der Waals surface area contributed by atoms with Gasteiger partial charge in [-0.15, -0.1) is 11.3 Å². The largest absolute Gasteiger partial charge is 0.354 e. The normalized spacial score (nSPS) is 15.1. The first kappa shape index (κ1) is 17.6. The average molecular weight is 358 g/mol. The Morgan fingerprint density at radius 3 is 2.88 bits per heavy atom. The molecule has 2 amide bonds. The van der Waals surface area contributed by atoms with Gasteiger partial charge in [0.25, 0.3) is 0 Å². The van der Waals surface area contributed by atoms with Crippen molar-refractivity contribution in [3.8, 4) is 0 Å². The third-order valence-corrected chi connectivity index (χ3v) is 5.02. The number of hydrogen-bond donors (Lipinski definition) is 1. The molecular weight excluding hydrogens is 336 g/mol. The number of anilines is 2. The Hall–Kier alpha value is -2.25. The summed E-state index contributed by atoms with van der Waals surface area (Å²) in [6.45, 7) is 8.06. The van der Waals surface area contributed by atoms with E-state index in [0.29, 0.717) is 24.8 Å². The molecule has 0 spiro atoms. The number of thiazole rings is 1. The zero-order chi connectivity index (χ0) is 18.0. The molecule has 0 radical (unpaired) electrons. The molecular formula is C18H22N4O2S. The lowest BCUT2D eigenvalue weighted by atomic mass is 10.1. The van der Waals surface area contributed by atoms with E-state index in [1.807, 2.05) is 31.4 Å². The summed E-state index contributed by atoms with van der Waals surface area (Å²) in [6, 6.07) is 6.02. The molecule has 2 heterocycles. The van der Waals surface area contributed by atoms with Gasteiger partial charge in [0.1, 0.15) is 0 Å². The Bertz CT molecular complexity index is 802. The molecule has 0 bridgehead atoms. The molecule has 1 aliphatic heterocycles. The van der Waals surface area contributed by atoms with Crippen molar-refractivity contribution < 1.29 is 9.59 Å². The summed E-state index contributed by atoms with van der Waals surface area (Å²) in [5.41, 5.74) is 3.94. The third-order valence-electron chi connectivity index (χ3n) is 4.14. The van der Waals surface area contributed by atoms with Crippen molar-refractivity contribution in [2.75, 3.05) is 24.5 Å². The van der Waals surface area contributed by atoms with E-state index in [0.717, 1.165) is 29.1 Å². The van der Waals surface area contributed by atoms with Gasteiger partial charge in [0, 0.05) is 31.9 Å². The summed E-state index contributed by atoms with van der Waals surface area (Å²) in [6.07, 6.45) is 0. The number of nitrogens with one attached hydrogen (secondary N) is 1. The minimum atomic E-state index is -0.0646. The van der Waals surface area contributed by atoms with E-state index in [1.54, 1.807) is 11.8 Å². The quantitative estimate of drug-likeness (QED) is 0.911. The van der Waals surface area contributed by atoms with Gasteiger partial charge in [-0.25, -0.2) is 4.98 Å². The van der Waals surface area contributed by atoms with Crippen molar-refractivity contribution in [1.82, 2.24) is 15.2 Å². The molecule has 1 N–H and O–H groups in total. The van der Waals surface area contributed by atoms with Gasteiger partial charge in [-0.3, -0.25) is 19.4 Å². The fraction of sp³-hybridized carbons (Fsp3) is 0.389. The molecule has 6 nitrogen and oxygen atoms in total. The number of amides is 2. The Balaban J connectivity index is 1.82. The highest BCUT2D eigenvalue weighted by atomic mass is 32.1. The molecule has 1 aromatic heterocycles. The highest BCUT2D eigenvalue weighted by Crippen LogP contribution is 2.32. The number of benzene rings is 1. The molecule has 1 fully saturated rings. The number of nitrogens with zero attached hydrogens (tertiary/aromatic N) is 3. The molecule has 0 unspecified atom stereocenters. The van der Waals surface area contributed by atoms with E-state index in [4.69, 9.17) is 0 Å². The van der Waals surface area contributed by atoms with Crippen molar-refractivity contribution in [3.05, 3.63) is 40.4 Å². The second-order valence-corrected chi connectivity index (χ2v) is 7.16. The van der Waals surface area contributed by atoms with Crippen LogP contribution in [-0.2, 0) is 16.1 Å². The topological polar surface area (TPSA) is 65.5 Å². The van der Waals surface area contributed by atoms with Crippen LogP contribution in [0.3, 0.4) is 0 Å². The van der Waals surface area contributed by atoms with Gasteiger partial charge in [-0.05, 0) is 25.5 Å². The summed E-state index contributed by atoms with van der Waals surface area (Å²) < 4.78 is 0. The van der Waals surface area contributed by atoms with Crippen molar-refractivity contribution in [3.63, 3.8) is 0 Å². The molecule has 0 saturated carbocycles. The van der Waals surface area contributed by atoms with Crippen LogP contribution in [0, 0.1) is 13.8 Å². The first-order valence-electron chi connectivity index (χ1n) is 8.25. The maximum Gasteiger partial charge on any atom is 0.234 e. The molecule has 1 saturated heterocycles. The maximum absolute atomic E-state index is 12.3. The zero-order valence-electron chi connectivity index (χ0n) is 14.7. The van der Waals surface area contributed by atoms with E-state index < -0.39 is 0 Å². The van der Waals surface area contributed by atoms with Crippen LogP contribution in [0.1, 0.15) is 23.7 Å². The predicted octanol–water partition coefficient (Wildman–Crippen LogP) is 2.38. The molecule has 25 heavy (non-hydrogen) atoms. The second kappa shape index (κ2) is 7.33. The summed E-state index contributed by atoms with van der Waals surface area (Å²) in [4.78, 5) is 32.1. The smallest absolute Gasteiger partial charge is 0.234 e. The lowest BCUT2D eigenvalue weighted by Crippen LogP contribution is -2.47. The van der Waals surface area contributed by atoms with Crippen LogP contribution in [0.15, 0.2) is 23.6 Å². The van der Waals surface area contributed by atoms with E-state index >= 15 is 0 Å². The second-order valence-electron chi connectivity index (χ2n) is 6.33. The van der Waals surface area contributed by atoms with Gasteiger partial charge in [0.2, 0.25) is 11.8 Å². The molecule has 0 atom stereocenters. The minimum Gasteiger partial charge on any atom is -0.354 e. The maximum atomic E-state index is 12.3. The Labute approximate surface area is 151 Å². The van der Waals surface area contributed by atoms with Crippen molar-refractivity contribution in [1.29, 1.82) is 0 Å². The fourth-order valence-electron chi connectivity index (χ4n) is 2.99. The lowest BCUT2D eigenvalue weighted by Gasteiger charge is -2.25. The van der Waals surface area contributed by atoms with Crippen molar-refractivity contribution in [2.24, 2.45) is 0 Å². The Kier molecular flexibility index (Phi) is 5.15. The van der Waals surface area contributed by atoms with Crippen LogP contribution in [-0.4, -0.2) is 41.3 Å². The summed E-state index contributed by atoms with van der Waals surface area (Å²) >= 11 is 1.45. The Morgan fingerprint density at radius 2 is 2.20 bits per heavy atom. The number of rotatable bonds is 4. The lowest BCUT2D eigenvalue weighted by molar-refractivity contribution is -0.124. The summed E-state index contributed by atoms with van der Waals surface area (Å²) in [5.74, 6) is -0.0208. The standard InChI is InChI=1S/C18H22N4O2S/c1-12-4-5-16(13(2)8-12)22(14(3)23)18-20-15(11-25-18)9-21-7-6-19-17(24)10-21/h4-5,8,11H,6-7,9-10H2,1-3H3,(H,19,24). The van der Waals surface area contributed by atoms with E-state index in [-0.39, 0.29) is 11.8 Å². The highest BCUT2D eigenvalue weighted by Gasteiger charge is 2.21. The molecule has 7 heteroatoms. The van der Waals surface area contributed by atoms with Crippen molar-refractivity contribution >= 4 is 34.0 Å². The summed E-state index contributed by atoms with van der Waals surface area (Å²) in [5, 5.41) is 5.44. The van der Waals surface area contributed by atoms with Gasteiger partial charge in [0.05, 0.1) is 17.9 Å². The fourth-order valence-corrected chi connectivity index (χ4v) is 3.86. The van der Waals surface area contributed by atoms with E-state index in [1.165, 1.54) is 11.3 Å². The van der Waals surface area contributed by atoms with Crippen LogP contribution >= 0.6 is 11.3 Å². The first-order chi connectivity index (χ1) is 11.9. The first-order valence-corrected chi connectivity index (χ1v) is 9.13. The zero-order valence-corrected chi connectivity index (χ0v) is 15.5. The van der Waals surface area contributed by atoms with Gasteiger partial charge in [0.15, 0.2) is 5.13 Å². The van der Waals surface area contributed by atoms with Crippen LogP contribution in [0.5, 0.6) is 0 Å². The molecule has 1 aliphatic rings. The molecule has 132 valence electrons. The van der Waals surface area contributed by atoms with Gasteiger partial charge in [-0.2, -0.15) is 0 Å². The minimum absolute atomic E-state index is 0.0438. The van der Waals surface area contributed by atoms with Crippen LogP contribution in [0.4, 0.5) is 10.8 Å².